The Morgan fingerprint density at radius 2 is 1.70 bits per heavy atom. The summed E-state index contributed by atoms with van der Waals surface area (Å²) in [7, 11) is 2.19. The molecule has 1 atom stereocenters. The van der Waals surface area contributed by atoms with Gasteiger partial charge in [-0.2, -0.15) is 0 Å². The van der Waals surface area contributed by atoms with Crippen LogP contribution in [0.3, 0.4) is 0 Å². The number of piperidine rings is 1. The first-order chi connectivity index (χ1) is 14.3. The summed E-state index contributed by atoms with van der Waals surface area (Å²) in [6, 6.07) is 12.5. The standard InChI is InChI=1S/C18H21ClN2O.C4H4O4/c1-20-10-8-13(9-11-20)18-15-6-7-17(19)21(15)12-14-4-2-3-5-16(14)22-18;5-3(6)1-2-4(7)8/h2-7,13,18H,8-12H2,1H3;1-2H,(H,5,6)(H,7,8)/b;2-1+. The quantitative estimate of drug-likeness (QED) is 0.719. The van der Waals surface area contributed by atoms with E-state index in [-0.39, 0.29) is 6.10 Å². The van der Waals surface area contributed by atoms with E-state index in [1.165, 1.54) is 24.1 Å². The summed E-state index contributed by atoms with van der Waals surface area (Å²) >= 11 is 6.42. The van der Waals surface area contributed by atoms with Crippen molar-refractivity contribution < 1.29 is 24.5 Å². The van der Waals surface area contributed by atoms with Crippen molar-refractivity contribution in [3.63, 3.8) is 0 Å². The molecule has 0 spiro atoms. The Kier molecular flexibility index (Phi) is 7.18. The number of likely N-dealkylation sites (tertiary alicyclic amines) is 1. The SMILES string of the molecule is CN1CCC(C2Oc3ccccc3Cn3c(Cl)ccc32)CC1.O=C(O)/C=C/C(=O)O. The van der Waals surface area contributed by atoms with Crippen molar-refractivity contribution in [3.8, 4) is 5.75 Å². The molecule has 1 unspecified atom stereocenters. The Balaban J connectivity index is 0.000000275. The molecule has 1 saturated heterocycles. The van der Waals surface area contributed by atoms with Gasteiger partial charge in [0.25, 0.3) is 0 Å². The Hall–Kier alpha value is -2.77. The molecule has 2 N–H and O–H groups in total. The maximum atomic E-state index is 9.55. The van der Waals surface area contributed by atoms with Crippen LogP contribution in [0.4, 0.5) is 0 Å². The van der Waals surface area contributed by atoms with Crippen LogP contribution in [0, 0.1) is 5.92 Å². The van der Waals surface area contributed by atoms with E-state index in [0.29, 0.717) is 18.1 Å². The normalized spacial score (nSPS) is 19.1. The van der Waals surface area contributed by atoms with Crippen molar-refractivity contribution in [3.05, 3.63) is 65.0 Å². The van der Waals surface area contributed by atoms with Gasteiger partial charge in [-0.05, 0) is 51.2 Å². The topological polar surface area (TPSA) is 92.0 Å². The van der Waals surface area contributed by atoms with Gasteiger partial charge < -0.3 is 24.4 Å². The van der Waals surface area contributed by atoms with Gasteiger partial charge in [-0.15, -0.1) is 0 Å². The first-order valence-corrected chi connectivity index (χ1v) is 10.1. The Morgan fingerprint density at radius 1 is 1.07 bits per heavy atom. The molecule has 2 aromatic rings. The average Bonchev–Trinajstić information content (AvgIpc) is 2.98. The van der Waals surface area contributed by atoms with E-state index in [2.05, 4.69) is 40.8 Å². The number of carboxylic acids is 2. The van der Waals surface area contributed by atoms with Crippen molar-refractivity contribution in [2.45, 2.75) is 25.5 Å². The van der Waals surface area contributed by atoms with E-state index in [4.69, 9.17) is 26.6 Å². The molecular weight excluding hydrogens is 408 g/mol. The predicted molar refractivity (Wildman–Crippen MR) is 113 cm³/mol. The van der Waals surface area contributed by atoms with Crippen LogP contribution in [0.1, 0.15) is 30.2 Å². The third-order valence-electron chi connectivity index (χ3n) is 5.37. The van der Waals surface area contributed by atoms with E-state index in [1.54, 1.807) is 0 Å². The monoisotopic (exact) mass is 432 g/mol. The average molecular weight is 433 g/mol. The summed E-state index contributed by atoms with van der Waals surface area (Å²) in [5, 5.41) is 16.4. The molecule has 0 radical (unpaired) electrons. The van der Waals surface area contributed by atoms with Crippen LogP contribution in [0.25, 0.3) is 0 Å². The molecule has 0 bridgehead atoms. The second-order valence-electron chi connectivity index (χ2n) is 7.46. The van der Waals surface area contributed by atoms with Crippen LogP contribution in [0.15, 0.2) is 48.6 Å². The van der Waals surface area contributed by atoms with E-state index >= 15 is 0 Å². The van der Waals surface area contributed by atoms with Crippen LogP contribution in [-0.4, -0.2) is 51.8 Å². The number of rotatable bonds is 3. The van der Waals surface area contributed by atoms with Gasteiger partial charge in [0.2, 0.25) is 0 Å². The maximum Gasteiger partial charge on any atom is 0.328 e. The molecule has 1 aromatic heterocycles. The van der Waals surface area contributed by atoms with Crippen LogP contribution < -0.4 is 4.74 Å². The van der Waals surface area contributed by atoms with Crippen LogP contribution in [-0.2, 0) is 16.1 Å². The Bertz CT molecular complexity index is 915. The van der Waals surface area contributed by atoms with Gasteiger partial charge in [0, 0.05) is 23.6 Å². The summed E-state index contributed by atoms with van der Waals surface area (Å²) in [5.41, 5.74) is 2.42. The number of aliphatic carboxylic acids is 2. The Morgan fingerprint density at radius 3 is 2.33 bits per heavy atom. The molecule has 30 heavy (non-hydrogen) atoms. The lowest BCUT2D eigenvalue weighted by Crippen LogP contribution is -2.34. The number of aromatic nitrogens is 1. The van der Waals surface area contributed by atoms with Crippen LogP contribution in [0.2, 0.25) is 5.15 Å². The number of hydrogen-bond donors (Lipinski definition) is 2. The third kappa shape index (κ3) is 5.43. The van der Waals surface area contributed by atoms with E-state index < -0.39 is 11.9 Å². The third-order valence-corrected chi connectivity index (χ3v) is 5.70. The largest absolute Gasteiger partial charge is 0.484 e. The molecule has 2 aliphatic heterocycles. The first-order valence-electron chi connectivity index (χ1n) is 9.77. The lowest BCUT2D eigenvalue weighted by atomic mass is 9.89. The zero-order valence-electron chi connectivity index (χ0n) is 16.7. The van der Waals surface area contributed by atoms with Crippen molar-refractivity contribution in [1.29, 1.82) is 0 Å². The van der Waals surface area contributed by atoms with Crippen LogP contribution in [0.5, 0.6) is 5.75 Å². The molecule has 3 heterocycles. The number of carbonyl (C=O) groups is 2. The molecule has 0 saturated carbocycles. The zero-order chi connectivity index (χ0) is 21.7. The van der Waals surface area contributed by atoms with Crippen LogP contribution >= 0.6 is 11.6 Å². The van der Waals surface area contributed by atoms with Gasteiger partial charge in [-0.1, -0.05) is 29.8 Å². The van der Waals surface area contributed by atoms with Gasteiger partial charge in [0.05, 0.1) is 12.2 Å². The number of para-hydroxylation sites is 1. The fourth-order valence-electron chi connectivity index (χ4n) is 3.80. The second kappa shape index (κ2) is 9.82. The van der Waals surface area contributed by atoms with Gasteiger partial charge in [-0.25, -0.2) is 9.59 Å². The molecule has 1 fully saturated rings. The molecule has 7 nitrogen and oxygen atoms in total. The highest BCUT2D eigenvalue weighted by molar-refractivity contribution is 6.29. The van der Waals surface area contributed by atoms with E-state index in [0.717, 1.165) is 30.5 Å². The molecule has 4 rings (SSSR count). The predicted octanol–water partition coefficient (Wildman–Crippen LogP) is 3.68. The number of nitrogens with zero attached hydrogens (tertiary/aromatic N) is 2. The molecule has 160 valence electrons. The minimum atomic E-state index is -1.26. The minimum absolute atomic E-state index is 0.102. The highest BCUT2D eigenvalue weighted by Crippen LogP contribution is 2.40. The minimum Gasteiger partial charge on any atom is -0.484 e. The summed E-state index contributed by atoms with van der Waals surface area (Å²) in [5.74, 6) is -0.960. The summed E-state index contributed by atoms with van der Waals surface area (Å²) in [6.07, 6.45) is 3.56. The highest BCUT2D eigenvalue weighted by atomic mass is 35.5. The fraction of sp³-hybridized carbons (Fsp3) is 0.364. The molecule has 1 aromatic carbocycles. The molecular formula is C22H25ClN2O5. The number of benzene rings is 1. The van der Waals surface area contributed by atoms with Gasteiger partial charge in [0.15, 0.2) is 0 Å². The summed E-state index contributed by atoms with van der Waals surface area (Å²) < 4.78 is 8.68. The zero-order valence-corrected chi connectivity index (χ0v) is 17.5. The second-order valence-corrected chi connectivity index (χ2v) is 7.85. The number of carboxylic acid groups (broad SMARTS) is 2. The highest BCUT2D eigenvalue weighted by Gasteiger charge is 2.33. The first kappa shape index (κ1) is 21.9. The van der Waals surface area contributed by atoms with E-state index in [1.807, 2.05) is 12.1 Å². The van der Waals surface area contributed by atoms with Gasteiger partial charge in [-0.3, -0.25) is 0 Å². The number of ether oxygens (including phenoxy) is 1. The number of halogens is 1. The van der Waals surface area contributed by atoms with Crippen molar-refractivity contribution >= 4 is 23.5 Å². The van der Waals surface area contributed by atoms with Gasteiger partial charge >= 0.3 is 11.9 Å². The molecule has 0 aliphatic carbocycles. The summed E-state index contributed by atoms with van der Waals surface area (Å²) in [6.45, 7) is 3.07. The number of fused-ring (bicyclic) bond motifs is 2. The maximum absolute atomic E-state index is 9.55. The fourth-order valence-corrected chi connectivity index (χ4v) is 4.02. The smallest absolute Gasteiger partial charge is 0.328 e. The summed E-state index contributed by atoms with van der Waals surface area (Å²) in [4.78, 5) is 21.5. The van der Waals surface area contributed by atoms with Crippen molar-refractivity contribution in [2.24, 2.45) is 5.92 Å². The van der Waals surface area contributed by atoms with E-state index in [9.17, 15) is 9.59 Å². The number of hydrogen-bond acceptors (Lipinski definition) is 4. The molecule has 0 amide bonds. The lowest BCUT2D eigenvalue weighted by Gasteiger charge is -2.34. The Labute approximate surface area is 180 Å². The van der Waals surface area contributed by atoms with Crippen molar-refractivity contribution in [2.75, 3.05) is 20.1 Å². The lowest BCUT2D eigenvalue weighted by molar-refractivity contribution is -0.134. The molecule has 8 heteroatoms. The van der Waals surface area contributed by atoms with Gasteiger partial charge in [0.1, 0.15) is 17.0 Å². The van der Waals surface area contributed by atoms with Crippen molar-refractivity contribution in [1.82, 2.24) is 9.47 Å². The molecule has 2 aliphatic rings.